The normalized spacial score (nSPS) is 13.1. The van der Waals surface area contributed by atoms with Crippen molar-refractivity contribution in [2.24, 2.45) is 20.5 Å². The van der Waals surface area contributed by atoms with Crippen LogP contribution in [-0.2, 0) is 40.5 Å². The van der Waals surface area contributed by atoms with E-state index in [1.807, 2.05) is 0 Å². The van der Waals surface area contributed by atoms with Crippen molar-refractivity contribution in [2.75, 3.05) is 0 Å². The first kappa shape index (κ1) is 34.1. The van der Waals surface area contributed by atoms with Gasteiger partial charge in [0.1, 0.15) is 21.2 Å². The van der Waals surface area contributed by atoms with Crippen LogP contribution in [0.4, 0.5) is 22.7 Å². The van der Waals surface area contributed by atoms with Gasteiger partial charge in [0.05, 0.1) is 26.7 Å². The van der Waals surface area contributed by atoms with E-state index in [0.717, 1.165) is 30.3 Å². The van der Waals surface area contributed by atoms with Gasteiger partial charge in [-0.3, -0.25) is 18.2 Å². The fraction of sp³-hybridized carbons (Fsp3) is 0. The van der Waals surface area contributed by atoms with E-state index in [9.17, 15) is 62.3 Å². The summed E-state index contributed by atoms with van der Waals surface area (Å²) in [5.41, 5.74) is -2.26. The molecule has 0 saturated heterocycles. The highest BCUT2D eigenvalue weighted by atomic mass is 32.2. The number of rotatable bonds is 9. The van der Waals surface area contributed by atoms with Gasteiger partial charge in [-0.2, -0.15) is 43.9 Å². The SMILES string of the molecule is O=C(O)c1cc(/N=N/c2ccc(S(=O)(=O)O)cc2)ccc1/N=N/c1c(S(=O)(=O)O)cc2cc(S(=O)(=O)O)cc(S(=O)(=O)O)c2c1O. The van der Waals surface area contributed by atoms with Gasteiger partial charge in [0.15, 0.2) is 5.75 Å². The molecule has 4 aromatic rings. The van der Waals surface area contributed by atoms with Crippen molar-refractivity contribution in [1.82, 2.24) is 0 Å². The molecule has 0 saturated carbocycles. The average Bonchev–Trinajstić information content (AvgIpc) is 2.93. The van der Waals surface area contributed by atoms with Gasteiger partial charge in [-0.15, -0.1) is 10.2 Å². The van der Waals surface area contributed by atoms with Crippen LogP contribution in [0.1, 0.15) is 10.4 Å². The lowest BCUT2D eigenvalue weighted by Crippen LogP contribution is -2.06. The number of fused-ring (bicyclic) bond motifs is 1. The highest BCUT2D eigenvalue weighted by molar-refractivity contribution is 7.87. The van der Waals surface area contributed by atoms with Gasteiger partial charge in [-0.05, 0) is 66.0 Å². The van der Waals surface area contributed by atoms with E-state index in [1.54, 1.807) is 0 Å². The molecular formula is C23H16N4O15S4. The number of aromatic carboxylic acids is 1. The number of hydrogen-bond donors (Lipinski definition) is 6. The Hall–Kier alpha value is -4.75. The van der Waals surface area contributed by atoms with Crippen LogP contribution in [0.2, 0.25) is 0 Å². The number of carbonyl (C=O) groups is 1. The van der Waals surface area contributed by atoms with Gasteiger partial charge >= 0.3 is 5.97 Å². The van der Waals surface area contributed by atoms with E-state index >= 15 is 0 Å². The summed E-state index contributed by atoms with van der Waals surface area (Å²) in [6.45, 7) is 0. The molecule has 46 heavy (non-hydrogen) atoms. The zero-order valence-electron chi connectivity index (χ0n) is 22.1. The van der Waals surface area contributed by atoms with Crippen molar-refractivity contribution in [2.45, 2.75) is 19.6 Å². The predicted molar refractivity (Wildman–Crippen MR) is 153 cm³/mol. The fourth-order valence-electron chi connectivity index (χ4n) is 3.82. The number of aromatic hydroxyl groups is 1. The van der Waals surface area contributed by atoms with Gasteiger partial charge < -0.3 is 10.2 Å². The van der Waals surface area contributed by atoms with E-state index in [2.05, 4.69) is 20.5 Å². The second-order valence-electron chi connectivity index (χ2n) is 8.89. The molecule has 0 aliphatic carbocycles. The van der Waals surface area contributed by atoms with Gasteiger partial charge in [0.2, 0.25) is 0 Å². The predicted octanol–water partition coefficient (Wildman–Crippen LogP) is 4.06. The molecule has 0 aliphatic heterocycles. The minimum absolute atomic E-state index is 0.0881. The Kier molecular flexibility index (Phi) is 8.81. The fourth-order valence-corrected chi connectivity index (χ4v) is 6.32. The van der Waals surface area contributed by atoms with Crippen LogP contribution in [0, 0.1) is 0 Å². The number of hydrogen-bond acceptors (Lipinski definition) is 14. The van der Waals surface area contributed by atoms with Crippen molar-refractivity contribution in [3.05, 3.63) is 66.2 Å². The molecule has 19 nitrogen and oxygen atoms in total. The molecule has 0 bridgehead atoms. The molecule has 0 fully saturated rings. The van der Waals surface area contributed by atoms with Crippen molar-refractivity contribution < 1.29 is 66.9 Å². The second-order valence-corrected chi connectivity index (χ2v) is 14.5. The summed E-state index contributed by atoms with van der Waals surface area (Å²) >= 11 is 0. The summed E-state index contributed by atoms with van der Waals surface area (Å²) in [7, 11) is -20.3. The second kappa shape index (κ2) is 11.9. The van der Waals surface area contributed by atoms with Crippen LogP contribution in [0.5, 0.6) is 5.75 Å². The zero-order chi connectivity index (χ0) is 34.4. The molecule has 0 unspecified atom stereocenters. The lowest BCUT2D eigenvalue weighted by Gasteiger charge is -2.12. The Bertz CT molecular complexity index is 2440. The molecule has 0 heterocycles. The van der Waals surface area contributed by atoms with Gasteiger partial charge in [0.25, 0.3) is 40.5 Å². The molecule has 0 aromatic heterocycles. The minimum atomic E-state index is -5.38. The van der Waals surface area contributed by atoms with E-state index in [0.29, 0.717) is 12.1 Å². The average molecular weight is 717 g/mol. The molecule has 0 aliphatic rings. The third kappa shape index (κ3) is 7.37. The molecule has 0 spiro atoms. The topological polar surface area (TPSA) is 324 Å². The molecule has 242 valence electrons. The van der Waals surface area contributed by atoms with Crippen LogP contribution >= 0.6 is 0 Å². The third-order valence-electron chi connectivity index (χ3n) is 5.82. The summed E-state index contributed by atoms with van der Waals surface area (Å²) in [4.78, 5) is 7.79. The van der Waals surface area contributed by atoms with E-state index in [4.69, 9.17) is 4.55 Å². The number of benzene rings is 4. The Balaban J connectivity index is 1.86. The van der Waals surface area contributed by atoms with Crippen molar-refractivity contribution in [3.63, 3.8) is 0 Å². The molecular weight excluding hydrogens is 701 g/mol. The lowest BCUT2D eigenvalue weighted by molar-refractivity contribution is 0.0697. The smallest absolute Gasteiger partial charge is 0.338 e. The first-order valence-corrected chi connectivity index (χ1v) is 17.4. The number of phenolic OH excluding ortho intramolecular Hbond substituents is 1. The maximum atomic E-state index is 12.1. The summed E-state index contributed by atoms with van der Waals surface area (Å²) in [6.07, 6.45) is 0. The number of azo groups is 2. The van der Waals surface area contributed by atoms with E-state index in [1.165, 1.54) is 12.1 Å². The summed E-state index contributed by atoms with van der Waals surface area (Å²) in [6, 6.07) is 8.77. The number of phenols is 1. The standard InChI is InChI=1S/C23H16N4O15S4/c28-22-20-11(7-15(44(34,35)36)10-18(20)45(37,38)39)8-19(46(40,41)42)21(22)27-26-17-6-3-13(9-16(17)23(29)30)25-24-12-1-4-14(5-2-12)43(31,32)33/h1-10,28H,(H,29,30)(H,31,32,33)(H,34,35,36)(H,37,38,39)(H,40,41,42)/b25-24+,27-26+. The quantitative estimate of drug-likeness (QED) is 0.105. The summed E-state index contributed by atoms with van der Waals surface area (Å²) < 4.78 is 132. The molecule has 0 amide bonds. The van der Waals surface area contributed by atoms with Gasteiger partial charge in [-0.25, -0.2) is 4.79 Å². The highest BCUT2D eigenvalue weighted by Gasteiger charge is 2.28. The minimum Gasteiger partial charge on any atom is -0.505 e. The molecule has 4 aromatic carbocycles. The lowest BCUT2D eigenvalue weighted by atomic mass is 10.1. The van der Waals surface area contributed by atoms with Crippen molar-refractivity contribution in [1.29, 1.82) is 0 Å². The Morgan fingerprint density at radius 3 is 1.63 bits per heavy atom. The third-order valence-corrected chi connectivity index (χ3v) is 9.27. The van der Waals surface area contributed by atoms with Crippen LogP contribution in [-0.4, -0.2) is 68.1 Å². The van der Waals surface area contributed by atoms with Crippen molar-refractivity contribution >= 4 is 80.0 Å². The van der Waals surface area contributed by atoms with E-state index in [-0.39, 0.29) is 17.4 Å². The Labute approximate surface area is 258 Å². The van der Waals surface area contributed by atoms with Crippen LogP contribution in [0.3, 0.4) is 0 Å². The summed E-state index contributed by atoms with van der Waals surface area (Å²) in [5, 5.41) is 33.6. The Morgan fingerprint density at radius 2 is 1.11 bits per heavy atom. The molecule has 4 rings (SSSR count). The summed E-state index contributed by atoms with van der Waals surface area (Å²) in [5.74, 6) is -2.99. The molecule has 0 radical (unpaired) electrons. The van der Waals surface area contributed by atoms with Gasteiger partial charge in [0, 0.05) is 5.39 Å². The van der Waals surface area contributed by atoms with Gasteiger partial charge in [-0.1, -0.05) is 0 Å². The first-order valence-electron chi connectivity index (χ1n) is 11.6. The molecule has 23 heteroatoms. The Morgan fingerprint density at radius 1 is 0.565 bits per heavy atom. The highest BCUT2D eigenvalue weighted by Crippen LogP contribution is 2.45. The maximum absolute atomic E-state index is 12.1. The zero-order valence-corrected chi connectivity index (χ0v) is 25.3. The number of carboxylic acid groups (broad SMARTS) is 1. The van der Waals surface area contributed by atoms with Crippen LogP contribution in [0.15, 0.2) is 101 Å². The van der Waals surface area contributed by atoms with E-state index < -0.39 is 99.5 Å². The molecule has 0 atom stereocenters. The van der Waals surface area contributed by atoms with Crippen LogP contribution < -0.4 is 0 Å². The number of nitrogens with zero attached hydrogens (tertiary/aromatic N) is 4. The monoisotopic (exact) mass is 716 g/mol. The largest absolute Gasteiger partial charge is 0.505 e. The maximum Gasteiger partial charge on any atom is 0.338 e. The first-order chi connectivity index (χ1) is 21.1. The van der Waals surface area contributed by atoms with Crippen molar-refractivity contribution in [3.8, 4) is 5.75 Å². The number of carboxylic acids is 1. The van der Waals surface area contributed by atoms with Crippen LogP contribution in [0.25, 0.3) is 10.8 Å². The molecule has 6 N–H and O–H groups in total.